The van der Waals surface area contributed by atoms with Gasteiger partial charge in [-0.3, -0.25) is 19.6 Å². The summed E-state index contributed by atoms with van der Waals surface area (Å²) in [6, 6.07) is 3.80. The largest absolute Gasteiger partial charge is 0.325 e. The van der Waals surface area contributed by atoms with Crippen LogP contribution in [0, 0.1) is 0 Å². The molecule has 2 atom stereocenters. The van der Waals surface area contributed by atoms with Crippen molar-refractivity contribution >= 4 is 11.9 Å². The summed E-state index contributed by atoms with van der Waals surface area (Å²) >= 11 is 0. The predicted octanol–water partition coefficient (Wildman–Crippen LogP) is 1.55. The third-order valence-corrected chi connectivity index (χ3v) is 4.74. The van der Waals surface area contributed by atoms with Gasteiger partial charge >= 0.3 is 6.03 Å². The first-order chi connectivity index (χ1) is 10.4. The Morgan fingerprint density at radius 2 is 1.91 bits per heavy atom. The summed E-state index contributed by atoms with van der Waals surface area (Å²) in [4.78, 5) is 32.4. The first-order valence-electron chi connectivity index (χ1n) is 7.74. The van der Waals surface area contributed by atoms with Gasteiger partial charge in [-0.05, 0) is 44.9 Å². The minimum absolute atomic E-state index is 0.0862. The Morgan fingerprint density at radius 1 is 1.23 bits per heavy atom. The molecule has 0 unspecified atom stereocenters. The molecule has 0 radical (unpaired) electrons. The SMILES string of the molecule is CC(C)N1C(=O)N[C@@]2(CCN([C@@H](C)c3ccncc3)C2)C1=O. The van der Waals surface area contributed by atoms with Crippen molar-refractivity contribution in [1.82, 2.24) is 20.1 Å². The molecule has 118 valence electrons. The van der Waals surface area contributed by atoms with Gasteiger partial charge in [-0.25, -0.2) is 4.79 Å². The molecule has 1 aromatic rings. The van der Waals surface area contributed by atoms with Crippen molar-refractivity contribution in [1.29, 1.82) is 0 Å². The number of hydrogen-bond donors (Lipinski definition) is 1. The Balaban J connectivity index is 1.78. The maximum atomic E-state index is 12.7. The summed E-state index contributed by atoms with van der Waals surface area (Å²) in [6.45, 7) is 7.20. The number of likely N-dealkylation sites (tertiary alicyclic amines) is 1. The van der Waals surface area contributed by atoms with Gasteiger partial charge in [0.05, 0.1) is 0 Å². The third-order valence-electron chi connectivity index (χ3n) is 4.74. The molecule has 6 nitrogen and oxygen atoms in total. The molecular weight excluding hydrogens is 280 g/mol. The lowest BCUT2D eigenvalue weighted by atomic mass is 9.98. The Hall–Kier alpha value is -1.95. The molecule has 0 bridgehead atoms. The number of urea groups is 1. The second kappa shape index (κ2) is 5.35. The van der Waals surface area contributed by atoms with Crippen molar-refractivity contribution < 1.29 is 9.59 Å². The smallest absolute Gasteiger partial charge is 0.322 e. The zero-order valence-corrected chi connectivity index (χ0v) is 13.2. The molecule has 0 aromatic carbocycles. The average molecular weight is 302 g/mol. The third kappa shape index (κ3) is 2.27. The van der Waals surface area contributed by atoms with Crippen molar-refractivity contribution in [3.63, 3.8) is 0 Å². The summed E-state index contributed by atoms with van der Waals surface area (Å²) in [6.07, 6.45) is 4.22. The number of nitrogens with one attached hydrogen (secondary N) is 1. The lowest BCUT2D eigenvalue weighted by molar-refractivity contribution is -0.132. The molecular formula is C16H22N4O2. The Bertz CT molecular complexity index is 589. The fourth-order valence-corrected chi connectivity index (χ4v) is 3.41. The second-order valence-corrected chi connectivity index (χ2v) is 6.46. The van der Waals surface area contributed by atoms with Gasteiger partial charge in [0.15, 0.2) is 0 Å². The molecule has 1 aromatic heterocycles. The van der Waals surface area contributed by atoms with Crippen LogP contribution in [0.1, 0.15) is 38.8 Å². The van der Waals surface area contributed by atoms with E-state index in [1.807, 2.05) is 26.0 Å². The molecule has 0 aliphatic carbocycles. The molecule has 2 aliphatic rings. The molecule has 2 aliphatic heterocycles. The van der Waals surface area contributed by atoms with E-state index in [1.54, 1.807) is 12.4 Å². The number of carbonyl (C=O) groups excluding carboxylic acids is 2. The highest BCUT2D eigenvalue weighted by molar-refractivity contribution is 6.07. The molecule has 2 saturated heterocycles. The van der Waals surface area contributed by atoms with Crippen LogP contribution in [0.15, 0.2) is 24.5 Å². The lowest BCUT2D eigenvalue weighted by Crippen LogP contribution is -2.49. The van der Waals surface area contributed by atoms with Crippen molar-refractivity contribution in [3.05, 3.63) is 30.1 Å². The first-order valence-corrected chi connectivity index (χ1v) is 7.74. The van der Waals surface area contributed by atoms with E-state index >= 15 is 0 Å². The number of imide groups is 1. The van der Waals surface area contributed by atoms with Crippen LogP contribution in [-0.4, -0.2) is 51.4 Å². The van der Waals surface area contributed by atoms with E-state index < -0.39 is 5.54 Å². The van der Waals surface area contributed by atoms with E-state index in [2.05, 4.69) is 22.1 Å². The quantitative estimate of drug-likeness (QED) is 0.860. The van der Waals surface area contributed by atoms with Gasteiger partial charge in [0.1, 0.15) is 5.54 Å². The summed E-state index contributed by atoms with van der Waals surface area (Å²) in [5, 5.41) is 2.93. The van der Waals surface area contributed by atoms with Gasteiger partial charge in [0.25, 0.3) is 5.91 Å². The van der Waals surface area contributed by atoms with Gasteiger partial charge in [-0.2, -0.15) is 0 Å². The maximum absolute atomic E-state index is 12.7. The highest BCUT2D eigenvalue weighted by Crippen LogP contribution is 2.34. The van der Waals surface area contributed by atoms with Gasteiger partial charge in [-0.15, -0.1) is 0 Å². The fourth-order valence-electron chi connectivity index (χ4n) is 3.41. The number of nitrogens with zero attached hydrogens (tertiary/aromatic N) is 3. The number of amides is 3. The standard InChI is InChI=1S/C16H22N4O2/c1-11(2)20-14(21)16(18-15(20)22)6-9-19(10-16)12(3)13-4-7-17-8-5-13/h4-5,7-8,11-12H,6,9-10H2,1-3H3,(H,18,22)/t12-,16+/m0/s1. The molecule has 3 heterocycles. The summed E-state index contributed by atoms with van der Waals surface area (Å²) < 4.78 is 0. The highest BCUT2D eigenvalue weighted by Gasteiger charge is 2.55. The van der Waals surface area contributed by atoms with Crippen LogP contribution in [0.3, 0.4) is 0 Å². The van der Waals surface area contributed by atoms with Crippen LogP contribution in [0.5, 0.6) is 0 Å². The number of hydrogen-bond acceptors (Lipinski definition) is 4. The molecule has 1 N–H and O–H groups in total. The van der Waals surface area contributed by atoms with E-state index in [0.717, 1.165) is 6.54 Å². The van der Waals surface area contributed by atoms with Gasteiger partial charge in [0.2, 0.25) is 0 Å². The Kier molecular flexibility index (Phi) is 3.64. The van der Waals surface area contributed by atoms with Crippen LogP contribution in [0.2, 0.25) is 0 Å². The normalized spacial score (nSPS) is 27.0. The second-order valence-electron chi connectivity index (χ2n) is 6.46. The van der Waals surface area contributed by atoms with E-state index in [0.29, 0.717) is 13.0 Å². The predicted molar refractivity (Wildman–Crippen MR) is 82.1 cm³/mol. The first kappa shape index (κ1) is 15.0. The number of pyridine rings is 1. The Morgan fingerprint density at radius 3 is 2.50 bits per heavy atom. The highest BCUT2D eigenvalue weighted by atomic mass is 16.2. The van der Waals surface area contributed by atoms with E-state index in [1.165, 1.54) is 10.5 Å². The van der Waals surface area contributed by atoms with E-state index in [4.69, 9.17) is 0 Å². The lowest BCUT2D eigenvalue weighted by Gasteiger charge is -2.27. The summed E-state index contributed by atoms with van der Waals surface area (Å²) in [5.74, 6) is -0.0862. The number of rotatable bonds is 3. The fraction of sp³-hybridized carbons (Fsp3) is 0.562. The van der Waals surface area contributed by atoms with E-state index in [9.17, 15) is 9.59 Å². The summed E-state index contributed by atoms with van der Waals surface area (Å²) in [5.41, 5.74) is 0.423. The van der Waals surface area contributed by atoms with Gasteiger partial charge in [-0.1, -0.05) is 0 Å². The minimum atomic E-state index is -0.747. The minimum Gasteiger partial charge on any atom is -0.322 e. The zero-order valence-electron chi connectivity index (χ0n) is 13.2. The van der Waals surface area contributed by atoms with Crippen molar-refractivity contribution in [2.75, 3.05) is 13.1 Å². The molecule has 6 heteroatoms. The average Bonchev–Trinajstić information content (AvgIpc) is 3.02. The molecule has 3 amide bonds. The van der Waals surface area contributed by atoms with Crippen molar-refractivity contribution in [3.8, 4) is 0 Å². The Labute approximate surface area is 130 Å². The van der Waals surface area contributed by atoms with Crippen LogP contribution in [0.25, 0.3) is 0 Å². The monoisotopic (exact) mass is 302 g/mol. The van der Waals surface area contributed by atoms with Crippen LogP contribution in [0.4, 0.5) is 4.79 Å². The molecule has 2 fully saturated rings. The van der Waals surface area contributed by atoms with Crippen LogP contribution in [-0.2, 0) is 4.79 Å². The van der Waals surface area contributed by atoms with Crippen molar-refractivity contribution in [2.45, 2.75) is 44.8 Å². The van der Waals surface area contributed by atoms with Crippen LogP contribution < -0.4 is 5.32 Å². The number of aromatic nitrogens is 1. The van der Waals surface area contributed by atoms with Crippen molar-refractivity contribution in [2.24, 2.45) is 0 Å². The molecule has 3 rings (SSSR count). The number of carbonyl (C=O) groups is 2. The topological polar surface area (TPSA) is 65.5 Å². The maximum Gasteiger partial charge on any atom is 0.325 e. The molecule has 22 heavy (non-hydrogen) atoms. The van der Waals surface area contributed by atoms with E-state index in [-0.39, 0.29) is 24.0 Å². The molecule has 0 saturated carbocycles. The summed E-state index contributed by atoms with van der Waals surface area (Å²) in [7, 11) is 0. The van der Waals surface area contributed by atoms with Gasteiger partial charge < -0.3 is 5.32 Å². The zero-order chi connectivity index (χ0) is 15.9. The van der Waals surface area contributed by atoms with Crippen LogP contribution >= 0.6 is 0 Å². The molecule has 1 spiro atoms. The van der Waals surface area contributed by atoms with Gasteiger partial charge in [0, 0.05) is 37.6 Å².